The minimum absolute atomic E-state index is 0.0146. The monoisotopic (exact) mass is 656 g/mol. The summed E-state index contributed by atoms with van der Waals surface area (Å²) in [4.78, 5) is 46.5. The lowest BCUT2D eigenvalue weighted by atomic mass is 10.0. The molecule has 2 fully saturated rings. The molecule has 3 aliphatic heterocycles. The molecule has 3 aromatic rings. The fraction of sp³-hybridized carbons (Fsp3) is 0.429. The van der Waals surface area contributed by atoms with Crippen molar-refractivity contribution < 1.29 is 23.8 Å². The van der Waals surface area contributed by atoms with Crippen LogP contribution in [0.3, 0.4) is 0 Å². The van der Waals surface area contributed by atoms with Crippen molar-refractivity contribution >= 4 is 40.8 Å². The van der Waals surface area contributed by atoms with E-state index in [2.05, 4.69) is 27.3 Å². The molecule has 0 bridgehead atoms. The first kappa shape index (κ1) is 33.0. The Hall–Kier alpha value is -4.88. The van der Waals surface area contributed by atoms with Gasteiger partial charge in [0.25, 0.3) is 0 Å². The maximum atomic E-state index is 14.4. The summed E-state index contributed by atoms with van der Waals surface area (Å²) in [6.07, 6.45) is 6.52. The van der Waals surface area contributed by atoms with Crippen LogP contribution in [0.1, 0.15) is 18.4 Å². The summed E-state index contributed by atoms with van der Waals surface area (Å²) in [6.45, 7) is 5.23. The van der Waals surface area contributed by atoms with Crippen LogP contribution in [0.5, 0.6) is 11.5 Å². The highest BCUT2D eigenvalue weighted by molar-refractivity contribution is 6.06. The number of hydrogen-bond donors (Lipinski definition) is 1. The smallest absolute Gasteiger partial charge is 0.330 e. The highest BCUT2D eigenvalue weighted by Gasteiger charge is 2.39. The van der Waals surface area contributed by atoms with Crippen LogP contribution < -0.4 is 29.5 Å². The number of likely N-dealkylation sites (tertiary alicyclic amines) is 1. The molecule has 0 saturated carbocycles. The number of rotatable bonds is 10. The van der Waals surface area contributed by atoms with E-state index in [-0.39, 0.29) is 24.5 Å². The number of benzene rings is 2. The Balaban J connectivity index is 1.26. The molecular formula is C35H44N8O5. The number of nitrogens with one attached hydrogen (secondary N) is 1. The predicted octanol–water partition coefficient (Wildman–Crippen LogP) is 4.13. The van der Waals surface area contributed by atoms with Gasteiger partial charge < -0.3 is 34.2 Å². The first-order chi connectivity index (χ1) is 23.3. The first-order valence-electron chi connectivity index (χ1n) is 16.3. The molecule has 2 aromatic carbocycles. The average molecular weight is 657 g/mol. The van der Waals surface area contributed by atoms with E-state index in [0.717, 1.165) is 43.2 Å². The number of anilines is 5. The van der Waals surface area contributed by atoms with Crippen molar-refractivity contribution in [2.24, 2.45) is 0 Å². The van der Waals surface area contributed by atoms with E-state index in [1.807, 2.05) is 54.2 Å². The van der Waals surface area contributed by atoms with Gasteiger partial charge >= 0.3 is 6.03 Å². The molecule has 4 heterocycles. The second-order valence-electron chi connectivity index (χ2n) is 12.3. The summed E-state index contributed by atoms with van der Waals surface area (Å²) in [6, 6.07) is 13.2. The molecule has 3 aliphatic rings. The SMILES string of the molecule is COc1cc(OC)cc(N2Cc3cnc(Nc4ccc(N5CCOCC5)cc4)nc3N(C3CCN(C(=O)/C=C/CN(C)C)CC3)C2=O)c1. The number of methoxy groups -OCH3 is 2. The van der Waals surface area contributed by atoms with Gasteiger partial charge in [0.15, 0.2) is 0 Å². The third kappa shape index (κ3) is 7.47. The maximum Gasteiger partial charge on any atom is 0.330 e. The van der Waals surface area contributed by atoms with Gasteiger partial charge in [-0.3, -0.25) is 14.6 Å². The van der Waals surface area contributed by atoms with E-state index < -0.39 is 0 Å². The summed E-state index contributed by atoms with van der Waals surface area (Å²) in [5, 5.41) is 3.33. The standard InChI is InChI=1S/C35H44N8O5/c1-39(2)13-5-6-32(44)41-14-11-28(12-15-41)43-33-25(24-42(35(43)45)29-20-30(46-3)22-31(21-29)47-4)23-36-34(38-33)37-26-7-9-27(10-8-26)40-16-18-48-19-17-40/h5-10,20-23,28H,11-19,24H2,1-4H3,(H,36,37,38)/b6-5+. The van der Waals surface area contributed by atoms with Gasteiger partial charge in [-0.25, -0.2) is 9.78 Å². The van der Waals surface area contributed by atoms with Crippen LogP contribution in [0.15, 0.2) is 60.8 Å². The van der Waals surface area contributed by atoms with Crippen LogP contribution in [-0.4, -0.2) is 112 Å². The summed E-state index contributed by atoms with van der Waals surface area (Å²) in [5.74, 6) is 2.13. The predicted molar refractivity (Wildman–Crippen MR) is 186 cm³/mol. The zero-order valence-corrected chi connectivity index (χ0v) is 28.1. The van der Waals surface area contributed by atoms with Crippen LogP contribution in [-0.2, 0) is 16.1 Å². The largest absolute Gasteiger partial charge is 0.497 e. The van der Waals surface area contributed by atoms with E-state index in [1.54, 1.807) is 42.4 Å². The van der Waals surface area contributed by atoms with Gasteiger partial charge in [0, 0.05) is 86.2 Å². The van der Waals surface area contributed by atoms with Gasteiger partial charge in [0.05, 0.1) is 39.7 Å². The topological polar surface area (TPSA) is 116 Å². The number of likely N-dealkylation sites (N-methyl/N-ethyl adjacent to an activating group) is 1. The number of hydrogen-bond acceptors (Lipinski definition) is 10. The Morgan fingerprint density at radius 3 is 2.33 bits per heavy atom. The second kappa shape index (κ2) is 14.9. The molecular weight excluding hydrogens is 612 g/mol. The van der Waals surface area contributed by atoms with Crippen LogP contribution in [0.25, 0.3) is 0 Å². The second-order valence-corrected chi connectivity index (χ2v) is 12.3. The van der Waals surface area contributed by atoms with Gasteiger partial charge in [0.2, 0.25) is 11.9 Å². The molecule has 13 nitrogen and oxygen atoms in total. The van der Waals surface area contributed by atoms with E-state index in [1.165, 1.54) is 0 Å². The van der Waals surface area contributed by atoms with Crippen LogP contribution in [0, 0.1) is 0 Å². The highest BCUT2D eigenvalue weighted by atomic mass is 16.5. The number of morpholine rings is 1. The molecule has 0 atom stereocenters. The molecule has 48 heavy (non-hydrogen) atoms. The molecule has 0 radical (unpaired) electrons. The van der Waals surface area contributed by atoms with Crippen molar-refractivity contribution in [3.63, 3.8) is 0 Å². The van der Waals surface area contributed by atoms with Crippen molar-refractivity contribution in [1.82, 2.24) is 19.8 Å². The Morgan fingerprint density at radius 2 is 1.69 bits per heavy atom. The summed E-state index contributed by atoms with van der Waals surface area (Å²) < 4.78 is 16.5. The zero-order chi connectivity index (χ0) is 33.6. The molecule has 254 valence electrons. The van der Waals surface area contributed by atoms with E-state index >= 15 is 0 Å². The van der Waals surface area contributed by atoms with E-state index in [0.29, 0.717) is 61.4 Å². The number of urea groups is 1. The van der Waals surface area contributed by atoms with Gasteiger partial charge in [-0.1, -0.05) is 6.08 Å². The van der Waals surface area contributed by atoms with Crippen LogP contribution in [0.4, 0.5) is 33.6 Å². The molecule has 2 saturated heterocycles. The number of carbonyl (C=O) groups is 2. The third-order valence-corrected chi connectivity index (χ3v) is 8.86. The third-order valence-electron chi connectivity index (χ3n) is 8.86. The number of fused-ring (bicyclic) bond motifs is 1. The Morgan fingerprint density at radius 1 is 1.00 bits per heavy atom. The number of aromatic nitrogens is 2. The van der Waals surface area contributed by atoms with Gasteiger partial charge in [0.1, 0.15) is 17.3 Å². The lowest BCUT2D eigenvalue weighted by molar-refractivity contribution is -0.127. The highest BCUT2D eigenvalue weighted by Crippen LogP contribution is 2.37. The average Bonchev–Trinajstić information content (AvgIpc) is 3.11. The fourth-order valence-corrected chi connectivity index (χ4v) is 6.24. The molecule has 3 amide bonds. The first-order valence-corrected chi connectivity index (χ1v) is 16.3. The molecule has 6 rings (SSSR count). The lowest BCUT2D eigenvalue weighted by Gasteiger charge is -2.43. The van der Waals surface area contributed by atoms with E-state index in [9.17, 15) is 9.59 Å². The number of nitrogens with zero attached hydrogens (tertiary/aromatic N) is 7. The molecule has 1 N–H and O–H groups in total. The number of carbonyl (C=O) groups excluding carboxylic acids is 2. The quantitative estimate of drug-likeness (QED) is 0.320. The fourth-order valence-electron chi connectivity index (χ4n) is 6.24. The van der Waals surface area contributed by atoms with Gasteiger partial charge in [-0.05, 0) is 51.2 Å². The number of amides is 3. The van der Waals surface area contributed by atoms with Crippen molar-refractivity contribution in [2.45, 2.75) is 25.4 Å². The van der Waals surface area contributed by atoms with Crippen molar-refractivity contribution in [2.75, 3.05) is 94.3 Å². The van der Waals surface area contributed by atoms with E-state index in [4.69, 9.17) is 19.2 Å². The molecule has 13 heteroatoms. The Kier molecular flexibility index (Phi) is 10.3. The molecule has 0 aliphatic carbocycles. The van der Waals surface area contributed by atoms with Crippen molar-refractivity contribution in [3.05, 3.63) is 66.4 Å². The zero-order valence-electron chi connectivity index (χ0n) is 28.1. The summed E-state index contributed by atoms with van der Waals surface area (Å²) in [7, 11) is 7.10. The minimum Gasteiger partial charge on any atom is -0.497 e. The van der Waals surface area contributed by atoms with Crippen molar-refractivity contribution in [3.8, 4) is 11.5 Å². The van der Waals surface area contributed by atoms with Gasteiger partial charge in [-0.15, -0.1) is 0 Å². The molecule has 1 aromatic heterocycles. The molecule has 0 unspecified atom stereocenters. The van der Waals surface area contributed by atoms with Crippen LogP contribution in [0.2, 0.25) is 0 Å². The summed E-state index contributed by atoms with van der Waals surface area (Å²) >= 11 is 0. The lowest BCUT2D eigenvalue weighted by Crippen LogP contribution is -2.55. The normalized spacial score (nSPS) is 17.2. The number of piperidine rings is 1. The Bertz CT molecular complexity index is 1600. The van der Waals surface area contributed by atoms with Crippen LogP contribution >= 0.6 is 0 Å². The Labute approximate surface area is 281 Å². The number of ether oxygens (including phenoxy) is 3. The van der Waals surface area contributed by atoms with Crippen molar-refractivity contribution in [1.29, 1.82) is 0 Å². The van der Waals surface area contributed by atoms with Gasteiger partial charge in [-0.2, -0.15) is 4.98 Å². The summed E-state index contributed by atoms with van der Waals surface area (Å²) in [5.41, 5.74) is 3.45. The maximum absolute atomic E-state index is 14.4. The minimum atomic E-state index is -0.201. The molecule has 0 spiro atoms.